The van der Waals surface area contributed by atoms with E-state index in [0.717, 1.165) is 16.9 Å². The second-order valence-electron chi connectivity index (χ2n) is 5.25. The van der Waals surface area contributed by atoms with Crippen molar-refractivity contribution >= 4 is 18.4 Å². The third-order valence-electron chi connectivity index (χ3n) is 3.41. The average molecular weight is 336 g/mol. The van der Waals surface area contributed by atoms with Gasteiger partial charge in [0.2, 0.25) is 0 Å². The third kappa shape index (κ3) is 5.93. The first-order valence-corrected chi connectivity index (χ1v) is 7.19. The Morgan fingerprint density at radius 1 is 1.04 bits per heavy atom. The lowest BCUT2D eigenvalue weighted by molar-refractivity contribution is -0.142. The Hall–Kier alpha value is -2.04. The largest absolute Gasteiger partial charge is 0.489 e. The van der Waals surface area contributed by atoms with E-state index in [1.54, 1.807) is 0 Å². The van der Waals surface area contributed by atoms with E-state index < -0.39 is 12.0 Å². The fraction of sp³-hybridized carbons (Fsp3) is 0.278. The van der Waals surface area contributed by atoms with Crippen molar-refractivity contribution in [2.75, 3.05) is 7.11 Å². The number of nitrogens with two attached hydrogens (primary N) is 1. The minimum Gasteiger partial charge on any atom is -0.489 e. The highest BCUT2D eigenvalue weighted by Crippen LogP contribution is 2.15. The van der Waals surface area contributed by atoms with E-state index in [0.29, 0.717) is 13.0 Å². The average Bonchev–Trinajstić information content (AvgIpc) is 2.55. The first kappa shape index (κ1) is 19.0. The SMILES string of the molecule is COC(=O)C(N)Cc1ccc(OCc2ccc(C)cc2)cc1.Cl. The van der Waals surface area contributed by atoms with Crippen LogP contribution in [0.1, 0.15) is 16.7 Å². The van der Waals surface area contributed by atoms with Crippen LogP contribution >= 0.6 is 12.4 Å². The molecule has 0 aliphatic heterocycles. The van der Waals surface area contributed by atoms with Gasteiger partial charge in [0, 0.05) is 0 Å². The number of aryl methyl sites for hydroxylation is 1. The minimum absolute atomic E-state index is 0. The smallest absolute Gasteiger partial charge is 0.322 e. The molecular formula is C18H22ClNO3. The van der Waals surface area contributed by atoms with Crippen LogP contribution in [0.15, 0.2) is 48.5 Å². The summed E-state index contributed by atoms with van der Waals surface area (Å²) >= 11 is 0. The Labute approximate surface area is 143 Å². The van der Waals surface area contributed by atoms with Crippen LogP contribution in [0.25, 0.3) is 0 Å². The Morgan fingerprint density at radius 2 is 1.61 bits per heavy atom. The highest BCUT2D eigenvalue weighted by atomic mass is 35.5. The van der Waals surface area contributed by atoms with Gasteiger partial charge in [-0.1, -0.05) is 42.0 Å². The van der Waals surface area contributed by atoms with Crippen LogP contribution in [0.4, 0.5) is 0 Å². The lowest BCUT2D eigenvalue weighted by atomic mass is 10.1. The zero-order valence-corrected chi connectivity index (χ0v) is 14.1. The molecule has 1 unspecified atom stereocenters. The van der Waals surface area contributed by atoms with Crippen LogP contribution in [0.2, 0.25) is 0 Å². The predicted octanol–water partition coefficient (Wildman–Crippen LogP) is 3.04. The molecular weight excluding hydrogens is 314 g/mol. The number of rotatable bonds is 6. The highest BCUT2D eigenvalue weighted by molar-refractivity contribution is 5.85. The van der Waals surface area contributed by atoms with Crippen molar-refractivity contribution in [3.8, 4) is 5.75 Å². The third-order valence-corrected chi connectivity index (χ3v) is 3.41. The van der Waals surface area contributed by atoms with Gasteiger partial charge in [-0.05, 0) is 36.6 Å². The van der Waals surface area contributed by atoms with E-state index in [9.17, 15) is 4.79 Å². The molecule has 2 rings (SSSR count). The van der Waals surface area contributed by atoms with Crippen LogP contribution in [-0.4, -0.2) is 19.1 Å². The summed E-state index contributed by atoms with van der Waals surface area (Å²) < 4.78 is 10.4. The summed E-state index contributed by atoms with van der Waals surface area (Å²) in [5.41, 5.74) is 9.07. The van der Waals surface area contributed by atoms with Gasteiger partial charge >= 0.3 is 5.97 Å². The monoisotopic (exact) mass is 335 g/mol. The second-order valence-corrected chi connectivity index (χ2v) is 5.25. The fourth-order valence-corrected chi connectivity index (χ4v) is 2.06. The van der Waals surface area contributed by atoms with Gasteiger partial charge in [0.15, 0.2) is 0 Å². The molecule has 0 aliphatic carbocycles. The molecule has 0 saturated heterocycles. The molecule has 2 aromatic rings. The summed E-state index contributed by atoms with van der Waals surface area (Å²) in [6.07, 6.45) is 0.449. The molecule has 0 radical (unpaired) electrons. The van der Waals surface area contributed by atoms with Crippen LogP contribution in [0.3, 0.4) is 0 Å². The zero-order valence-electron chi connectivity index (χ0n) is 13.3. The molecule has 0 aromatic heterocycles. The van der Waals surface area contributed by atoms with Crippen molar-refractivity contribution in [2.24, 2.45) is 5.73 Å². The molecule has 0 spiro atoms. The predicted molar refractivity (Wildman–Crippen MR) is 92.9 cm³/mol. The van der Waals surface area contributed by atoms with E-state index in [-0.39, 0.29) is 12.4 Å². The van der Waals surface area contributed by atoms with E-state index in [1.165, 1.54) is 12.7 Å². The summed E-state index contributed by atoms with van der Waals surface area (Å²) in [7, 11) is 1.34. The van der Waals surface area contributed by atoms with E-state index >= 15 is 0 Å². The van der Waals surface area contributed by atoms with Gasteiger partial charge in [0.05, 0.1) is 7.11 Å². The van der Waals surface area contributed by atoms with E-state index in [4.69, 9.17) is 10.5 Å². The maximum atomic E-state index is 11.3. The number of hydrogen-bond donors (Lipinski definition) is 1. The molecule has 0 aliphatic rings. The molecule has 23 heavy (non-hydrogen) atoms. The van der Waals surface area contributed by atoms with E-state index in [1.807, 2.05) is 24.3 Å². The number of methoxy groups -OCH3 is 1. The number of ether oxygens (including phenoxy) is 2. The van der Waals surface area contributed by atoms with Gasteiger partial charge in [0.1, 0.15) is 18.4 Å². The fourth-order valence-electron chi connectivity index (χ4n) is 2.06. The first-order chi connectivity index (χ1) is 10.6. The lowest BCUT2D eigenvalue weighted by Gasteiger charge is -2.10. The highest BCUT2D eigenvalue weighted by Gasteiger charge is 2.13. The van der Waals surface area contributed by atoms with Crippen LogP contribution < -0.4 is 10.5 Å². The maximum absolute atomic E-state index is 11.3. The van der Waals surface area contributed by atoms with Crippen molar-refractivity contribution in [1.82, 2.24) is 0 Å². The number of carbonyl (C=O) groups excluding carboxylic acids is 1. The Morgan fingerprint density at radius 3 is 2.17 bits per heavy atom. The molecule has 124 valence electrons. The van der Waals surface area contributed by atoms with Crippen molar-refractivity contribution in [3.63, 3.8) is 0 Å². The van der Waals surface area contributed by atoms with Gasteiger partial charge < -0.3 is 15.2 Å². The number of benzene rings is 2. The van der Waals surface area contributed by atoms with Gasteiger partial charge in [-0.3, -0.25) is 4.79 Å². The molecule has 1 atom stereocenters. The first-order valence-electron chi connectivity index (χ1n) is 7.19. The minimum atomic E-state index is -0.635. The molecule has 5 heteroatoms. The molecule has 0 bridgehead atoms. The molecule has 0 saturated carbocycles. The van der Waals surface area contributed by atoms with Crippen LogP contribution in [0.5, 0.6) is 5.75 Å². The van der Waals surface area contributed by atoms with Gasteiger partial charge in [0.25, 0.3) is 0 Å². The molecule has 0 heterocycles. The Kier molecular flexibility index (Phi) is 7.59. The van der Waals surface area contributed by atoms with Gasteiger partial charge in [-0.25, -0.2) is 0 Å². The molecule has 2 N–H and O–H groups in total. The summed E-state index contributed by atoms with van der Waals surface area (Å²) in [4.78, 5) is 11.3. The topological polar surface area (TPSA) is 61.5 Å². The van der Waals surface area contributed by atoms with Crippen LogP contribution in [0, 0.1) is 6.92 Å². The molecule has 0 amide bonds. The number of carbonyl (C=O) groups is 1. The summed E-state index contributed by atoms with van der Waals surface area (Å²) in [6, 6.07) is 15.2. The Bertz CT molecular complexity index is 611. The normalized spacial score (nSPS) is 11.3. The zero-order chi connectivity index (χ0) is 15.9. The van der Waals surface area contributed by atoms with Crippen molar-refractivity contribution < 1.29 is 14.3 Å². The van der Waals surface area contributed by atoms with Crippen LogP contribution in [-0.2, 0) is 22.6 Å². The second kappa shape index (κ2) is 9.18. The van der Waals surface area contributed by atoms with Crippen molar-refractivity contribution in [2.45, 2.75) is 26.0 Å². The Balaban J connectivity index is 0.00000264. The van der Waals surface area contributed by atoms with Crippen molar-refractivity contribution in [1.29, 1.82) is 0 Å². The van der Waals surface area contributed by atoms with Gasteiger partial charge in [-0.2, -0.15) is 0 Å². The molecule has 0 fully saturated rings. The quantitative estimate of drug-likeness (QED) is 0.824. The lowest BCUT2D eigenvalue weighted by Crippen LogP contribution is -2.33. The summed E-state index contributed by atoms with van der Waals surface area (Å²) in [5, 5.41) is 0. The van der Waals surface area contributed by atoms with E-state index in [2.05, 4.69) is 35.9 Å². The summed E-state index contributed by atoms with van der Waals surface area (Å²) in [6.45, 7) is 2.59. The van der Waals surface area contributed by atoms with Crippen molar-refractivity contribution in [3.05, 3.63) is 65.2 Å². The maximum Gasteiger partial charge on any atom is 0.322 e. The number of hydrogen-bond acceptors (Lipinski definition) is 4. The number of halogens is 1. The molecule has 2 aromatic carbocycles. The number of esters is 1. The standard InChI is InChI=1S/C18H21NO3.ClH/c1-13-3-5-15(6-4-13)12-22-16-9-7-14(8-10-16)11-17(19)18(20)21-2;/h3-10,17H,11-12,19H2,1-2H3;1H. The van der Waals surface area contributed by atoms with Gasteiger partial charge in [-0.15, -0.1) is 12.4 Å². The molecule has 4 nitrogen and oxygen atoms in total. The summed E-state index contributed by atoms with van der Waals surface area (Å²) in [5.74, 6) is 0.385.